The summed E-state index contributed by atoms with van der Waals surface area (Å²) in [4.78, 5) is 30.8. The molecule has 0 bridgehead atoms. The van der Waals surface area contributed by atoms with Crippen molar-refractivity contribution < 1.29 is 14.4 Å². The molecular formula is C15H26N2O3. The molecule has 2 rings (SSSR count). The van der Waals surface area contributed by atoms with Crippen molar-refractivity contribution >= 4 is 11.8 Å². The zero-order chi connectivity index (χ0) is 15.5. The van der Waals surface area contributed by atoms with Crippen LogP contribution in [0, 0.1) is 11.8 Å². The first kappa shape index (κ1) is 15.4. The Labute approximate surface area is 121 Å². The molecule has 0 N–H and O–H groups in total. The van der Waals surface area contributed by atoms with Crippen LogP contribution in [0.1, 0.15) is 48.0 Å². The molecule has 0 aromatic heterocycles. The number of imide groups is 1. The van der Waals surface area contributed by atoms with E-state index in [1.165, 1.54) is 4.90 Å². The Kier molecular flexibility index (Phi) is 3.50. The Bertz CT molecular complexity index is 408. The molecule has 2 unspecified atom stereocenters. The number of hydrogen-bond donors (Lipinski definition) is 0. The van der Waals surface area contributed by atoms with Gasteiger partial charge in [-0.15, -0.1) is 0 Å². The number of carbonyl (C=O) groups is 2. The van der Waals surface area contributed by atoms with Crippen LogP contribution in [-0.4, -0.2) is 46.0 Å². The molecule has 5 heteroatoms. The predicted octanol–water partition coefficient (Wildman–Crippen LogP) is 1.82. The molecule has 0 radical (unpaired) electrons. The van der Waals surface area contributed by atoms with Crippen molar-refractivity contribution in [1.29, 1.82) is 0 Å². The first-order chi connectivity index (χ1) is 9.06. The number of piperidine rings is 1. The van der Waals surface area contributed by atoms with E-state index in [2.05, 4.69) is 41.5 Å². The van der Waals surface area contributed by atoms with E-state index in [1.807, 2.05) is 5.06 Å². The second-order valence-corrected chi connectivity index (χ2v) is 7.19. The number of amides is 2. The maximum atomic E-state index is 11.9. The van der Waals surface area contributed by atoms with Crippen molar-refractivity contribution in [2.75, 3.05) is 7.11 Å². The second-order valence-electron chi connectivity index (χ2n) is 7.19. The monoisotopic (exact) mass is 282 g/mol. The number of nitrogens with zero attached hydrogens (tertiary/aromatic N) is 2. The fourth-order valence-corrected chi connectivity index (χ4v) is 3.98. The number of hydrogen-bond acceptors (Lipinski definition) is 4. The van der Waals surface area contributed by atoms with Gasteiger partial charge in [-0.2, -0.15) is 5.06 Å². The van der Waals surface area contributed by atoms with Gasteiger partial charge in [-0.3, -0.25) is 14.5 Å². The fourth-order valence-electron chi connectivity index (χ4n) is 3.98. The van der Waals surface area contributed by atoms with Crippen LogP contribution in [0.4, 0.5) is 0 Å². The topological polar surface area (TPSA) is 49.9 Å². The molecule has 0 aliphatic carbocycles. The van der Waals surface area contributed by atoms with Gasteiger partial charge in [0.05, 0.1) is 7.11 Å². The maximum absolute atomic E-state index is 11.9. The van der Waals surface area contributed by atoms with Gasteiger partial charge in [0.15, 0.2) is 0 Å². The third-order valence-corrected chi connectivity index (χ3v) is 5.62. The van der Waals surface area contributed by atoms with Crippen LogP contribution in [0.5, 0.6) is 0 Å². The Morgan fingerprint density at radius 2 is 1.40 bits per heavy atom. The smallest absolute Gasteiger partial charge is 0.238 e. The van der Waals surface area contributed by atoms with Gasteiger partial charge in [0, 0.05) is 17.1 Å². The molecular weight excluding hydrogens is 256 g/mol. The zero-order valence-corrected chi connectivity index (χ0v) is 13.6. The summed E-state index contributed by atoms with van der Waals surface area (Å²) >= 11 is 0. The molecule has 2 fully saturated rings. The molecule has 0 saturated carbocycles. The molecule has 114 valence electrons. The van der Waals surface area contributed by atoms with E-state index >= 15 is 0 Å². The highest BCUT2D eigenvalue weighted by atomic mass is 16.7. The molecule has 2 heterocycles. The normalized spacial score (nSPS) is 37.0. The average Bonchev–Trinajstić information content (AvgIpc) is 2.32. The first-order valence-corrected chi connectivity index (χ1v) is 7.26. The minimum absolute atomic E-state index is 0.0452. The third-order valence-electron chi connectivity index (χ3n) is 5.62. The quantitative estimate of drug-likeness (QED) is 0.572. The van der Waals surface area contributed by atoms with E-state index in [4.69, 9.17) is 4.84 Å². The van der Waals surface area contributed by atoms with Crippen LogP contribution in [0.25, 0.3) is 0 Å². The molecule has 0 aromatic rings. The van der Waals surface area contributed by atoms with Gasteiger partial charge in [-0.25, -0.2) is 0 Å². The highest BCUT2D eigenvalue weighted by molar-refractivity contribution is 6.15. The second kappa shape index (κ2) is 4.53. The van der Waals surface area contributed by atoms with Crippen molar-refractivity contribution in [3.63, 3.8) is 0 Å². The number of likely N-dealkylation sites (tertiary alicyclic amines) is 1. The van der Waals surface area contributed by atoms with E-state index < -0.39 is 0 Å². The van der Waals surface area contributed by atoms with Gasteiger partial charge in [0.25, 0.3) is 0 Å². The third kappa shape index (κ3) is 1.83. The maximum Gasteiger partial charge on any atom is 0.238 e. The fraction of sp³-hybridized carbons (Fsp3) is 0.867. The molecule has 20 heavy (non-hydrogen) atoms. The molecule has 0 aromatic carbocycles. The van der Waals surface area contributed by atoms with Crippen molar-refractivity contribution in [2.24, 2.45) is 11.8 Å². The number of β-lactam (4-membered cyclic amide) rings is 2. The van der Waals surface area contributed by atoms with Gasteiger partial charge >= 0.3 is 0 Å². The van der Waals surface area contributed by atoms with E-state index in [-0.39, 0.29) is 47.2 Å². The van der Waals surface area contributed by atoms with Gasteiger partial charge in [0.1, 0.15) is 6.42 Å². The van der Waals surface area contributed by atoms with Gasteiger partial charge in [-0.1, -0.05) is 13.8 Å². The standard InChI is InChI=1S/C15H26N2O3/c1-9-13(16-11(18)8-12(16)19)10(2)15(5,6)17(20-7)14(9,3)4/h9-10,13H,8H2,1-7H3. The molecule has 2 amide bonds. The molecule has 5 nitrogen and oxygen atoms in total. The first-order valence-electron chi connectivity index (χ1n) is 7.26. The van der Waals surface area contributed by atoms with E-state index in [1.54, 1.807) is 7.11 Å². The highest BCUT2D eigenvalue weighted by Gasteiger charge is 2.59. The van der Waals surface area contributed by atoms with Crippen molar-refractivity contribution in [3.8, 4) is 0 Å². The zero-order valence-electron chi connectivity index (χ0n) is 13.6. The van der Waals surface area contributed by atoms with Crippen LogP contribution in [0.3, 0.4) is 0 Å². The summed E-state index contributed by atoms with van der Waals surface area (Å²) in [6, 6.07) is -0.0693. The summed E-state index contributed by atoms with van der Waals surface area (Å²) < 4.78 is 0. The predicted molar refractivity (Wildman–Crippen MR) is 75.6 cm³/mol. The Hall–Kier alpha value is -0.940. The van der Waals surface area contributed by atoms with Crippen LogP contribution >= 0.6 is 0 Å². The summed E-state index contributed by atoms with van der Waals surface area (Å²) in [7, 11) is 1.68. The van der Waals surface area contributed by atoms with E-state index in [9.17, 15) is 9.59 Å². The Morgan fingerprint density at radius 3 is 1.70 bits per heavy atom. The van der Waals surface area contributed by atoms with Crippen LogP contribution in [0.2, 0.25) is 0 Å². The summed E-state index contributed by atoms with van der Waals surface area (Å²) in [6.45, 7) is 12.6. The molecule has 0 spiro atoms. The summed E-state index contributed by atoms with van der Waals surface area (Å²) in [5.41, 5.74) is -0.517. The number of rotatable bonds is 2. The minimum Gasteiger partial charge on any atom is -0.301 e. The van der Waals surface area contributed by atoms with Crippen LogP contribution in [-0.2, 0) is 14.4 Å². The molecule has 2 aliphatic heterocycles. The molecule has 2 atom stereocenters. The lowest BCUT2D eigenvalue weighted by Gasteiger charge is -2.62. The van der Waals surface area contributed by atoms with Crippen molar-refractivity contribution in [1.82, 2.24) is 9.96 Å². The van der Waals surface area contributed by atoms with Crippen molar-refractivity contribution in [3.05, 3.63) is 0 Å². The number of carbonyl (C=O) groups excluding carboxylic acids is 2. The van der Waals surface area contributed by atoms with Crippen LogP contribution < -0.4 is 0 Å². The van der Waals surface area contributed by atoms with E-state index in [0.29, 0.717) is 0 Å². The minimum atomic E-state index is -0.258. The van der Waals surface area contributed by atoms with Crippen molar-refractivity contribution in [2.45, 2.75) is 65.1 Å². The van der Waals surface area contributed by atoms with Gasteiger partial charge in [0.2, 0.25) is 11.8 Å². The van der Waals surface area contributed by atoms with E-state index in [0.717, 1.165) is 0 Å². The lowest BCUT2D eigenvalue weighted by Crippen LogP contribution is -2.74. The lowest BCUT2D eigenvalue weighted by molar-refractivity contribution is -0.302. The lowest BCUT2D eigenvalue weighted by atomic mass is 9.65. The number of hydroxylamine groups is 2. The van der Waals surface area contributed by atoms with Crippen LogP contribution in [0.15, 0.2) is 0 Å². The Balaban J connectivity index is 2.44. The SMILES string of the molecule is CON1C(C)(C)C(C)C(N2C(=O)CC2=O)C(C)C1(C)C. The Morgan fingerprint density at radius 1 is 1.00 bits per heavy atom. The average molecular weight is 282 g/mol. The van der Waals surface area contributed by atoms with Gasteiger partial charge < -0.3 is 4.84 Å². The summed E-state index contributed by atoms with van der Waals surface area (Å²) in [6.07, 6.45) is 0.0603. The molecule has 2 aliphatic rings. The summed E-state index contributed by atoms with van der Waals surface area (Å²) in [5.74, 6) is 0.185. The van der Waals surface area contributed by atoms with Gasteiger partial charge in [-0.05, 0) is 39.5 Å². The molecule has 2 saturated heterocycles. The highest BCUT2D eigenvalue weighted by Crippen LogP contribution is 2.48. The largest absolute Gasteiger partial charge is 0.301 e. The summed E-state index contributed by atoms with van der Waals surface area (Å²) in [5, 5.41) is 2.01.